The van der Waals surface area contributed by atoms with Crippen molar-refractivity contribution >= 4 is 35.7 Å². The minimum atomic E-state index is -0.639. The Bertz CT molecular complexity index is 223. The van der Waals surface area contributed by atoms with Crippen LogP contribution in [0, 0.1) is 0 Å². The van der Waals surface area contributed by atoms with Crippen molar-refractivity contribution in [2.45, 2.75) is 27.7 Å². The van der Waals surface area contributed by atoms with Gasteiger partial charge in [-0.25, -0.2) is 0 Å². The van der Waals surface area contributed by atoms with Crippen molar-refractivity contribution in [3.05, 3.63) is 25.7 Å². The summed E-state index contributed by atoms with van der Waals surface area (Å²) in [6.07, 6.45) is 2.62. The fourth-order valence-electron chi connectivity index (χ4n) is 0.562. The zero-order chi connectivity index (χ0) is 16.3. The van der Waals surface area contributed by atoms with E-state index >= 15 is 0 Å². The molecule has 2 N–H and O–H groups in total. The standard InChI is InChI=1S/C5H11NOS.C4H6O.C2H6.CH3NOS/c1-3-6(4-2)5(7)8;1-3-5-4-2;1-2;2-1(3)4/h3-4H2,1-2H3,(H,7,8);3-4H,1-2H2;1-2H3;(H3,2,3,4). The molecule has 0 saturated carbocycles. The third-order valence-corrected chi connectivity index (χ3v) is 1.51. The van der Waals surface area contributed by atoms with Gasteiger partial charge in [0.2, 0.25) is 0 Å². The summed E-state index contributed by atoms with van der Waals surface area (Å²) in [6, 6.07) is 0. The number of nitrogens with zero attached hydrogens (tertiary/aromatic N) is 1. The Morgan fingerprint density at radius 1 is 1.16 bits per heavy atom. The van der Waals surface area contributed by atoms with Crippen molar-refractivity contribution in [2.24, 2.45) is 5.73 Å². The second-order valence-corrected chi connectivity index (χ2v) is 3.09. The number of nitrogens with two attached hydrogens (primary N) is 1. The lowest BCUT2D eigenvalue weighted by Crippen LogP contribution is -2.24. The van der Waals surface area contributed by atoms with E-state index in [2.05, 4.69) is 48.9 Å². The Morgan fingerprint density at radius 3 is 1.42 bits per heavy atom. The third-order valence-electron chi connectivity index (χ3n) is 1.23. The quantitative estimate of drug-likeness (QED) is 0.548. The molecule has 0 bridgehead atoms. The normalized spacial score (nSPS) is 6.84. The van der Waals surface area contributed by atoms with E-state index in [1.165, 1.54) is 12.5 Å². The molecule has 0 aliphatic heterocycles. The Hall–Kier alpha value is -1.08. The summed E-state index contributed by atoms with van der Waals surface area (Å²) >= 11 is 6.75. The zero-order valence-corrected chi connectivity index (χ0v) is 13.9. The number of amides is 2. The average Bonchev–Trinajstić information content (AvgIpc) is 2.34. The SMILES string of the molecule is C=COC=C.CC.CCN(CC)C(=O)S.NC(=O)S. The molecular weight excluding hydrogens is 284 g/mol. The maximum atomic E-state index is 10.4. The second kappa shape index (κ2) is 25.7. The first-order valence-corrected chi connectivity index (χ1v) is 6.60. The van der Waals surface area contributed by atoms with E-state index in [1.54, 1.807) is 4.90 Å². The van der Waals surface area contributed by atoms with Gasteiger partial charge in [0.05, 0.1) is 12.5 Å². The van der Waals surface area contributed by atoms with Crippen molar-refractivity contribution in [1.82, 2.24) is 4.90 Å². The number of thiol groups is 2. The van der Waals surface area contributed by atoms with Crippen LogP contribution in [0.4, 0.5) is 9.59 Å². The first kappa shape index (κ1) is 26.5. The highest BCUT2D eigenvalue weighted by Crippen LogP contribution is 1.92. The van der Waals surface area contributed by atoms with Gasteiger partial charge in [-0.15, -0.1) is 0 Å². The lowest BCUT2D eigenvalue weighted by atomic mass is 10.6. The number of hydrogen-bond donors (Lipinski definition) is 3. The van der Waals surface area contributed by atoms with Crippen molar-refractivity contribution in [1.29, 1.82) is 0 Å². The summed E-state index contributed by atoms with van der Waals surface area (Å²) in [5, 5.41) is -0.782. The van der Waals surface area contributed by atoms with E-state index in [1.807, 2.05) is 27.7 Å². The van der Waals surface area contributed by atoms with E-state index in [0.29, 0.717) is 0 Å². The molecule has 5 nitrogen and oxygen atoms in total. The maximum absolute atomic E-state index is 10.4. The van der Waals surface area contributed by atoms with E-state index in [0.717, 1.165) is 13.1 Å². The van der Waals surface area contributed by atoms with Gasteiger partial charge in [-0.1, -0.05) is 52.3 Å². The van der Waals surface area contributed by atoms with Crippen LogP contribution in [0.2, 0.25) is 0 Å². The smallest absolute Gasteiger partial charge is 0.278 e. The van der Waals surface area contributed by atoms with Gasteiger partial charge in [0.1, 0.15) is 0 Å². The average molecular weight is 310 g/mol. The summed E-state index contributed by atoms with van der Waals surface area (Å²) in [4.78, 5) is 21.1. The number of rotatable bonds is 4. The lowest BCUT2D eigenvalue weighted by molar-refractivity contribution is 0.229. The topological polar surface area (TPSA) is 72.6 Å². The van der Waals surface area contributed by atoms with E-state index in [4.69, 9.17) is 4.79 Å². The maximum Gasteiger partial charge on any atom is 0.278 e. The molecule has 2 amide bonds. The number of hydrogen-bond acceptors (Lipinski definition) is 3. The summed E-state index contributed by atoms with van der Waals surface area (Å²) in [5.74, 6) is 0. The van der Waals surface area contributed by atoms with Crippen LogP contribution in [0.15, 0.2) is 25.7 Å². The predicted molar refractivity (Wildman–Crippen MR) is 88.7 cm³/mol. The minimum Gasteiger partial charge on any atom is -0.474 e. The molecule has 7 heteroatoms. The molecule has 19 heavy (non-hydrogen) atoms. The monoisotopic (exact) mass is 310 g/mol. The van der Waals surface area contributed by atoms with Gasteiger partial charge < -0.3 is 15.4 Å². The van der Waals surface area contributed by atoms with Crippen LogP contribution >= 0.6 is 25.3 Å². The first-order chi connectivity index (χ1) is 8.87. The van der Waals surface area contributed by atoms with Gasteiger partial charge in [-0.2, -0.15) is 0 Å². The first-order valence-electron chi connectivity index (χ1n) is 5.70. The Morgan fingerprint density at radius 2 is 1.42 bits per heavy atom. The molecule has 0 atom stereocenters. The molecule has 0 aromatic carbocycles. The fraction of sp³-hybridized carbons (Fsp3) is 0.500. The highest BCUT2D eigenvalue weighted by molar-refractivity contribution is 7.96. The molecule has 0 unspecified atom stereocenters. The van der Waals surface area contributed by atoms with Crippen molar-refractivity contribution in [3.63, 3.8) is 0 Å². The Balaban J connectivity index is -0.0000000886. The molecule has 114 valence electrons. The van der Waals surface area contributed by atoms with Gasteiger partial charge in [-0.05, 0) is 13.8 Å². The fourth-order valence-corrected chi connectivity index (χ4v) is 0.845. The van der Waals surface area contributed by atoms with Crippen LogP contribution < -0.4 is 5.73 Å². The van der Waals surface area contributed by atoms with Crippen LogP contribution in [0.1, 0.15) is 27.7 Å². The molecule has 0 spiro atoms. The van der Waals surface area contributed by atoms with Crippen LogP contribution in [0.25, 0.3) is 0 Å². The molecule has 0 aliphatic rings. The molecule has 0 fully saturated rings. The molecule has 0 saturated heterocycles. The molecular formula is C12H26N2O3S2. The van der Waals surface area contributed by atoms with Crippen LogP contribution in [-0.4, -0.2) is 28.5 Å². The lowest BCUT2D eigenvalue weighted by Gasteiger charge is -2.13. The third kappa shape index (κ3) is 47.3. The summed E-state index contributed by atoms with van der Waals surface area (Å²) in [7, 11) is 0. The van der Waals surface area contributed by atoms with Gasteiger partial charge in [0, 0.05) is 13.1 Å². The Kier molecular flexibility index (Phi) is 35.8. The predicted octanol–water partition coefficient (Wildman–Crippen LogP) is 3.69. The van der Waals surface area contributed by atoms with Crippen LogP contribution in [0.3, 0.4) is 0 Å². The molecule has 0 rings (SSSR count). The second-order valence-electron chi connectivity index (χ2n) is 2.26. The van der Waals surface area contributed by atoms with Crippen LogP contribution in [0.5, 0.6) is 0 Å². The van der Waals surface area contributed by atoms with E-state index < -0.39 is 5.24 Å². The summed E-state index contributed by atoms with van der Waals surface area (Å²) in [6.45, 7) is 15.9. The Labute approximate surface area is 127 Å². The highest BCUT2D eigenvalue weighted by Gasteiger charge is 2.00. The molecule has 0 aliphatic carbocycles. The minimum absolute atomic E-state index is 0.144. The number of primary amides is 1. The highest BCUT2D eigenvalue weighted by atomic mass is 32.1. The van der Waals surface area contributed by atoms with Gasteiger partial charge >= 0.3 is 0 Å². The largest absolute Gasteiger partial charge is 0.474 e. The molecule has 0 radical (unpaired) electrons. The number of carbonyl (C=O) groups is 2. The zero-order valence-electron chi connectivity index (χ0n) is 12.1. The van der Waals surface area contributed by atoms with Gasteiger partial charge in [-0.3, -0.25) is 9.59 Å². The molecule has 0 aromatic rings. The van der Waals surface area contributed by atoms with E-state index in [9.17, 15) is 4.79 Å². The number of ether oxygens (including phenoxy) is 1. The molecule has 0 heterocycles. The van der Waals surface area contributed by atoms with Gasteiger partial charge in [0.15, 0.2) is 0 Å². The summed E-state index contributed by atoms with van der Waals surface area (Å²) in [5.41, 5.74) is 4.34. The van der Waals surface area contributed by atoms with Crippen LogP contribution in [-0.2, 0) is 4.74 Å². The number of carbonyl (C=O) groups excluding carboxylic acids is 2. The van der Waals surface area contributed by atoms with Crippen molar-refractivity contribution < 1.29 is 14.3 Å². The van der Waals surface area contributed by atoms with Crippen molar-refractivity contribution in [3.8, 4) is 0 Å². The molecule has 0 aromatic heterocycles. The van der Waals surface area contributed by atoms with Crippen molar-refractivity contribution in [2.75, 3.05) is 13.1 Å². The van der Waals surface area contributed by atoms with Gasteiger partial charge in [0.25, 0.3) is 10.5 Å². The summed E-state index contributed by atoms with van der Waals surface area (Å²) < 4.78 is 4.36. The van der Waals surface area contributed by atoms with E-state index in [-0.39, 0.29) is 5.24 Å².